The monoisotopic (exact) mass is 507 g/mol. The van der Waals surface area contributed by atoms with Gasteiger partial charge in [0.05, 0.1) is 11.1 Å². The third-order valence-corrected chi connectivity index (χ3v) is 5.23. The van der Waals surface area contributed by atoms with E-state index in [-0.39, 0.29) is 28.1 Å². The van der Waals surface area contributed by atoms with Crippen LogP contribution in [0.15, 0.2) is 36.4 Å². The van der Waals surface area contributed by atoms with Crippen LogP contribution >= 0.6 is 0 Å². The number of benzene rings is 2. The number of nitrogens with one attached hydrogen (secondary N) is 2. The summed E-state index contributed by atoms with van der Waals surface area (Å²) in [6.45, 7) is 5.32. The predicted octanol–water partition coefficient (Wildman–Crippen LogP) is 5.89. The molecule has 0 spiro atoms. The second-order valence-electron chi connectivity index (χ2n) is 8.35. The molecule has 0 aliphatic heterocycles. The number of anilines is 2. The van der Waals surface area contributed by atoms with Crippen LogP contribution in [-0.4, -0.2) is 30.7 Å². The van der Waals surface area contributed by atoms with Gasteiger partial charge in [0.1, 0.15) is 0 Å². The maximum absolute atomic E-state index is 14.3. The molecule has 0 saturated heterocycles. The quantitative estimate of drug-likeness (QED) is 0.323. The Morgan fingerprint density at radius 1 is 0.943 bits per heavy atom. The highest BCUT2D eigenvalue weighted by Crippen LogP contribution is 2.53. The van der Waals surface area contributed by atoms with Crippen molar-refractivity contribution in [2.24, 2.45) is 5.92 Å². The van der Waals surface area contributed by atoms with Crippen LogP contribution in [0.1, 0.15) is 52.1 Å². The molecule has 0 bridgehead atoms. The fourth-order valence-corrected chi connectivity index (χ4v) is 3.27. The van der Waals surface area contributed by atoms with Crippen molar-refractivity contribution in [1.29, 1.82) is 0 Å². The first-order valence-electron chi connectivity index (χ1n) is 10.4. The van der Waals surface area contributed by atoms with Crippen molar-refractivity contribution in [3.05, 3.63) is 58.7 Å². The number of carbonyl (C=O) groups excluding carboxylic acids is 2. The molecule has 0 saturated carbocycles. The first-order valence-corrected chi connectivity index (χ1v) is 10.4. The first-order chi connectivity index (χ1) is 16.0. The zero-order valence-corrected chi connectivity index (χ0v) is 19.0. The van der Waals surface area contributed by atoms with Gasteiger partial charge in [-0.05, 0) is 43.0 Å². The summed E-state index contributed by atoms with van der Waals surface area (Å²) in [6, 6.07) is 5.45. The molecule has 12 heteroatoms. The molecule has 4 N–H and O–H groups in total. The molecular formula is C23H24F7N3O2. The van der Waals surface area contributed by atoms with E-state index in [0.29, 0.717) is 31.0 Å². The number of aryl methyl sites for hydroxylation is 1. The summed E-state index contributed by atoms with van der Waals surface area (Å²) in [5.74, 6) is -1.21. The van der Waals surface area contributed by atoms with Crippen molar-refractivity contribution in [3.8, 4) is 0 Å². The van der Waals surface area contributed by atoms with Gasteiger partial charge in [-0.15, -0.1) is 0 Å². The van der Waals surface area contributed by atoms with E-state index in [1.807, 2.05) is 13.8 Å². The van der Waals surface area contributed by atoms with Crippen LogP contribution in [0.5, 0.6) is 0 Å². The first kappa shape index (κ1) is 27.9. The van der Waals surface area contributed by atoms with E-state index >= 15 is 0 Å². The summed E-state index contributed by atoms with van der Waals surface area (Å²) >= 11 is 0. The summed E-state index contributed by atoms with van der Waals surface area (Å²) in [4.78, 5) is 25.5. The van der Waals surface area contributed by atoms with Crippen LogP contribution in [-0.2, 0) is 5.67 Å². The SMILES string of the molecule is Cc1cc(C(F)(C(F)(F)F)C(F)(F)F)ccc1NC(=O)c1cccc(N)c1C(=O)NCCC(C)C. The molecule has 2 rings (SSSR count). The van der Waals surface area contributed by atoms with E-state index in [1.54, 1.807) is 0 Å². The van der Waals surface area contributed by atoms with Crippen LogP contribution in [0.25, 0.3) is 0 Å². The van der Waals surface area contributed by atoms with Crippen molar-refractivity contribution in [2.75, 3.05) is 17.6 Å². The zero-order chi connectivity index (χ0) is 26.8. The lowest BCUT2D eigenvalue weighted by Crippen LogP contribution is -2.50. The Balaban J connectivity index is 2.37. The molecule has 0 aliphatic carbocycles. The summed E-state index contributed by atoms with van der Waals surface area (Å²) in [7, 11) is 0. The number of nitrogen functional groups attached to an aromatic ring is 1. The van der Waals surface area contributed by atoms with Gasteiger partial charge < -0.3 is 16.4 Å². The summed E-state index contributed by atoms with van der Waals surface area (Å²) in [5, 5.41) is 4.96. The maximum atomic E-state index is 14.3. The Kier molecular flexibility index (Phi) is 8.08. The molecule has 0 atom stereocenters. The summed E-state index contributed by atoms with van der Waals surface area (Å²) in [6.07, 6.45) is -11.9. The van der Waals surface area contributed by atoms with Gasteiger partial charge >= 0.3 is 18.0 Å². The molecule has 2 amide bonds. The third kappa shape index (κ3) is 5.85. The molecule has 0 fully saturated rings. The van der Waals surface area contributed by atoms with E-state index in [2.05, 4.69) is 10.6 Å². The molecule has 0 aromatic heterocycles. The molecule has 35 heavy (non-hydrogen) atoms. The largest absolute Gasteiger partial charge is 0.435 e. The molecule has 2 aromatic carbocycles. The number of carbonyl (C=O) groups is 2. The molecule has 0 unspecified atom stereocenters. The van der Waals surface area contributed by atoms with Crippen molar-refractivity contribution in [1.82, 2.24) is 5.32 Å². The number of alkyl halides is 7. The van der Waals surface area contributed by atoms with Gasteiger partial charge in [-0.25, -0.2) is 4.39 Å². The fourth-order valence-electron chi connectivity index (χ4n) is 3.27. The highest BCUT2D eigenvalue weighted by molar-refractivity contribution is 6.14. The van der Waals surface area contributed by atoms with Crippen molar-refractivity contribution >= 4 is 23.2 Å². The van der Waals surface area contributed by atoms with E-state index in [1.165, 1.54) is 18.2 Å². The topological polar surface area (TPSA) is 84.2 Å². The Labute approximate surface area is 196 Å². The second-order valence-corrected chi connectivity index (χ2v) is 8.35. The number of nitrogens with two attached hydrogens (primary N) is 1. The minimum atomic E-state index is -6.26. The number of halogens is 7. The lowest BCUT2D eigenvalue weighted by atomic mass is 9.92. The minimum absolute atomic E-state index is 0.00988. The number of rotatable bonds is 7. The van der Waals surface area contributed by atoms with E-state index in [4.69, 9.17) is 5.73 Å². The average Bonchev–Trinajstić information content (AvgIpc) is 2.72. The number of hydrogen-bond acceptors (Lipinski definition) is 3. The van der Waals surface area contributed by atoms with Crippen LogP contribution in [0.2, 0.25) is 0 Å². The van der Waals surface area contributed by atoms with Crippen LogP contribution < -0.4 is 16.4 Å². The standard InChI is InChI=1S/C23H24F7N3O2/c1-12(2)9-10-32-20(35)18-15(5-4-6-16(18)31)19(34)33-17-8-7-14(11-13(17)3)21(24,22(25,26)27)23(28,29)30/h4-8,11-12H,9-10,31H2,1-3H3,(H,32,35)(H,33,34). The predicted molar refractivity (Wildman–Crippen MR) is 117 cm³/mol. The number of amides is 2. The smallest absolute Gasteiger partial charge is 0.398 e. The Morgan fingerprint density at radius 3 is 2.06 bits per heavy atom. The highest BCUT2D eigenvalue weighted by Gasteiger charge is 2.73. The van der Waals surface area contributed by atoms with Crippen LogP contribution in [0.4, 0.5) is 42.1 Å². The van der Waals surface area contributed by atoms with Gasteiger partial charge in [-0.1, -0.05) is 32.0 Å². The Morgan fingerprint density at radius 2 is 1.54 bits per heavy atom. The van der Waals surface area contributed by atoms with E-state index < -0.39 is 35.4 Å². The van der Waals surface area contributed by atoms with Crippen LogP contribution in [0.3, 0.4) is 0 Å². The second kappa shape index (κ2) is 10.1. The lowest BCUT2D eigenvalue weighted by molar-refractivity contribution is -0.348. The van der Waals surface area contributed by atoms with Gasteiger partial charge in [0.15, 0.2) is 0 Å². The summed E-state index contributed by atoms with van der Waals surface area (Å²) in [5.41, 5.74) is -2.17. The van der Waals surface area contributed by atoms with Gasteiger partial charge in [-0.3, -0.25) is 9.59 Å². The Hall–Kier alpha value is -3.31. The minimum Gasteiger partial charge on any atom is -0.398 e. The molecule has 5 nitrogen and oxygen atoms in total. The molecule has 2 aromatic rings. The van der Waals surface area contributed by atoms with Crippen molar-refractivity contribution in [2.45, 2.75) is 45.2 Å². The third-order valence-electron chi connectivity index (χ3n) is 5.23. The maximum Gasteiger partial charge on any atom is 0.435 e. The average molecular weight is 507 g/mol. The molecule has 0 radical (unpaired) electrons. The van der Waals surface area contributed by atoms with Gasteiger partial charge in [0, 0.05) is 23.5 Å². The zero-order valence-electron chi connectivity index (χ0n) is 19.0. The summed E-state index contributed by atoms with van der Waals surface area (Å²) < 4.78 is 92.5. The van der Waals surface area contributed by atoms with Crippen molar-refractivity contribution in [3.63, 3.8) is 0 Å². The molecule has 192 valence electrons. The Bertz CT molecular complexity index is 1080. The van der Waals surface area contributed by atoms with Gasteiger partial charge in [-0.2, -0.15) is 26.3 Å². The van der Waals surface area contributed by atoms with E-state index in [9.17, 15) is 40.3 Å². The number of hydrogen-bond donors (Lipinski definition) is 3. The lowest BCUT2D eigenvalue weighted by Gasteiger charge is -2.30. The van der Waals surface area contributed by atoms with Gasteiger partial charge in [0.2, 0.25) is 0 Å². The molecule has 0 heterocycles. The normalized spacial score (nSPS) is 12.5. The van der Waals surface area contributed by atoms with E-state index in [0.717, 1.165) is 13.0 Å². The van der Waals surface area contributed by atoms with Crippen molar-refractivity contribution < 1.29 is 40.3 Å². The fraction of sp³-hybridized carbons (Fsp3) is 0.391. The molecular weight excluding hydrogens is 483 g/mol. The molecule has 0 aliphatic rings. The van der Waals surface area contributed by atoms with Crippen LogP contribution in [0, 0.1) is 12.8 Å². The highest BCUT2D eigenvalue weighted by atomic mass is 19.4. The van der Waals surface area contributed by atoms with Gasteiger partial charge in [0.25, 0.3) is 11.8 Å².